The maximum Gasteiger partial charge on any atom is 0.360 e. The van der Waals surface area contributed by atoms with Crippen LogP contribution >= 0.6 is 0 Å². The average Bonchev–Trinajstić information content (AvgIpc) is 2.63. The largest absolute Gasteiger partial charge is 0.492 e. The van der Waals surface area contributed by atoms with E-state index in [9.17, 15) is 4.79 Å². The molecule has 1 heterocycles. The Hall–Kier alpha value is -1.56. The molecule has 96 valence electrons. The third-order valence-corrected chi connectivity index (χ3v) is 2.58. The summed E-state index contributed by atoms with van der Waals surface area (Å²) in [6.07, 6.45) is 1.42. The predicted molar refractivity (Wildman–Crippen MR) is 61.4 cm³/mol. The van der Waals surface area contributed by atoms with Gasteiger partial charge in [-0.05, 0) is 13.3 Å². The molecule has 1 aromatic rings. The zero-order valence-corrected chi connectivity index (χ0v) is 10.6. The average molecular weight is 242 g/mol. The minimum atomic E-state index is -1.10. The first-order valence-corrected chi connectivity index (χ1v) is 5.45. The number of aromatic carboxylic acids is 1. The van der Waals surface area contributed by atoms with Crippen LogP contribution < -0.4 is 4.74 Å². The molecule has 0 spiro atoms. The summed E-state index contributed by atoms with van der Waals surface area (Å²) in [5.41, 5.74) is 0.577. The Bertz CT molecular complexity index is 400. The molecule has 0 aromatic carbocycles. The van der Waals surface area contributed by atoms with Crippen molar-refractivity contribution in [1.82, 2.24) is 9.78 Å². The smallest absolute Gasteiger partial charge is 0.360 e. The van der Waals surface area contributed by atoms with Gasteiger partial charge in [-0.3, -0.25) is 0 Å². The Morgan fingerprint density at radius 2 is 2.18 bits per heavy atom. The standard InChI is InChI=1S/C11H18N2O4/c1-5-6-8(16-3)13-7(2)10(17-4)9(12-13)11(14)15/h8H,5-6H2,1-4H3,(H,14,15). The highest BCUT2D eigenvalue weighted by Crippen LogP contribution is 2.27. The van der Waals surface area contributed by atoms with E-state index < -0.39 is 5.97 Å². The SMILES string of the molecule is CCCC(OC)n1nc(C(=O)O)c(OC)c1C. The van der Waals surface area contributed by atoms with Gasteiger partial charge in [0.1, 0.15) is 6.23 Å². The van der Waals surface area contributed by atoms with Gasteiger partial charge in [0.15, 0.2) is 5.75 Å². The van der Waals surface area contributed by atoms with Crippen LogP contribution in [0.1, 0.15) is 42.2 Å². The summed E-state index contributed by atoms with van der Waals surface area (Å²) in [5, 5.41) is 13.1. The minimum Gasteiger partial charge on any atom is -0.492 e. The highest BCUT2D eigenvalue weighted by Gasteiger charge is 2.24. The molecule has 0 saturated carbocycles. The number of carbonyl (C=O) groups is 1. The van der Waals surface area contributed by atoms with Gasteiger partial charge in [-0.15, -0.1) is 0 Å². The summed E-state index contributed by atoms with van der Waals surface area (Å²) < 4.78 is 11.9. The number of carboxylic acids is 1. The Balaban J connectivity index is 3.20. The molecule has 0 aliphatic heterocycles. The Morgan fingerprint density at radius 1 is 1.53 bits per heavy atom. The van der Waals surface area contributed by atoms with Gasteiger partial charge in [0.25, 0.3) is 0 Å². The fraction of sp³-hybridized carbons (Fsp3) is 0.636. The molecule has 1 N–H and O–H groups in total. The fourth-order valence-electron chi connectivity index (χ4n) is 1.76. The Labute approximate surface area is 100 Å². The lowest BCUT2D eigenvalue weighted by Gasteiger charge is -2.16. The molecule has 0 amide bonds. The van der Waals surface area contributed by atoms with E-state index in [1.54, 1.807) is 18.7 Å². The Morgan fingerprint density at radius 3 is 2.53 bits per heavy atom. The van der Waals surface area contributed by atoms with Crippen molar-refractivity contribution in [3.05, 3.63) is 11.4 Å². The van der Waals surface area contributed by atoms with E-state index in [0.29, 0.717) is 5.69 Å². The fourth-order valence-corrected chi connectivity index (χ4v) is 1.76. The lowest BCUT2D eigenvalue weighted by atomic mass is 10.3. The normalized spacial score (nSPS) is 12.5. The van der Waals surface area contributed by atoms with Gasteiger partial charge in [-0.1, -0.05) is 13.3 Å². The van der Waals surface area contributed by atoms with Crippen LogP contribution in [0.25, 0.3) is 0 Å². The number of hydrogen-bond acceptors (Lipinski definition) is 4. The first-order valence-electron chi connectivity index (χ1n) is 5.45. The molecule has 6 heteroatoms. The maximum absolute atomic E-state index is 11.0. The first kappa shape index (κ1) is 13.5. The molecule has 1 aromatic heterocycles. The molecule has 6 nitrogen and oxygen atoms in total. The van der Waals surface area contributed by atoms with Crippen molar-refractivity contribution in [2.24, 2.45) is 0 Å². The van der Waals surface area contributed by atoms with Crippen molar-refractivity contribution in [3.8, 4) is 5.75 Å². The van der Waals surface area contributed by atoms with Gasteiger partial charge >= 0.3 is 5.97 Å². The topological polar surface area (TPSA) is 73.6 Å². The number of hydrogen-bond donors (Lipinski definition) is 1. The van der Waals surface area contributed by atoms with Gasteiger partial charge in [0.05, 0.1) is 12.8 Å². The third kappa shape index (κ3) is 2.58. The highest BCUT2D eigenvalue weighted by molar-refractivity contribution is 5.89. The van der Waals surface area contributed by atoms with E-state index in [0.717, 1.165) is 12.8 Å². The van der Waals surface area contributed by atoms with Crippen molar-refractivity contribution in [2.75, 3.05) is 14.2 Å². The van der Waals surface area contributed by atoms with Crippen LogP contribution in [0.5, 0.6) is 5.75 Å². The molecule has 1 atom stereocenters. The van der Waals surface area contributed by atoms with Crippen LogP contribution in [-0.4, -0.2) is 35.1 Å². The maximum atomic E-state index is 11.0. The van der Waals surface area contributed by atoms with Crippen LogP contribution in [0.4, 0.5) is 0 Å². The van der Waals surface area contributed by atoms with Gasteiger partial charge < -0.3 is 14.6 Å². The predicted octanol–water partition coefficient (Wildman–Crippen LogP) is 1.84. The van der Waals surface area contributed by atoms with Gasteiger partial charge in [-0.25, -0.2) is 9.48 Å². The van der Waals surface area contributed by atoms with Crippen molar-refractivity contribution in [1.29, 1.82) is 0 Å². The summed E-state index contributed by atoms with van der Waals surface area (Å²) in [6, 6.07) is 0. The van der Waals surface area contributed by atoms with Crippen LogP contribution in [0, 0.1) is 6.92 Å². The van der Waals surface area contributed by atoms with Crippen LogP contribution in [0.15, 0.2) is 0 Å². The molecule has 0 aliphatic carbocycles. The van der Waals surface area contributed by atoms with Gasteiger partial charge in [0.2, 0.25) is 5.69 Å². The van der Waals surface area contributed by atoms with Crippen LogP contribution in [0.2, 0.25) is 0 Å². The minimum absolute atomic E-state index is 0.0804. The molecular weight excluding hydrogens is 224 g/mol. The highest BCUT2D eigenvalue weighted by atomic mass is 16.5. The lowest BCUT2D eigenvalue weighted by Crippen LogP contribution is -2.14. The van der Waals surface area contributed by atoms with E-state index in [1.165, 1.54) is 7.11 Å². The molecule has 0 bridgehead atoms. The van der Waals surface area contributed by atoms with E-state index in [2.05, 4.69) is 5.10 Å². The van der Waals surface area contributed by atoms with E-state index in [-0.39, 0.29) is 17.7 Å². The molecule has 1 rings (SSSR count). The Kier molecular flexibility index (Phi) is 4.51. The number of rotatable bonds is 6. The molecule has 0 radical (unpaired) electrons. The molecule has 0 saturated heterocycles. The molecule has 1 unspecified atom stereocenters. The lowest BCUT2D eigenvalue weighted by molar-refractivity contribution is 0.0240. The van der Waals surface area contributed by atoms with Gasteiger partial charge in [0, 0.05) is 7.11 Å². The number of ether oxygens (including phenoxy) is 2. The second kappa shape index (κ2) is 5.67. The summed E-state index contributed by atoms with van der Waals surface area (Å²) in [6.45, 7) is 3.79. The van der Waals surface area contributed by atoms with Gasteiger partial charge in [-0.2, -0.15) is 5.10 Å². The monoisotopic (exact) mass is 242 g/mol. The number of methoxy groups -OCH3 is 2. The number of nitrogens with zero attached hydrogens (tertiary/aromatic N) is 2. The quantitative estimate of drug-likeness (QED) is 0.824. The van der Waals surface area contributed by atoms with E-state index in [4.69, 9.17) is 14.6 Å². The number of aromatic nitrogens is 2. The summed E-state index contributed by atoms with van der Waals surface area (Å²) >= 11 is 0. The van der Waals surface area contributed by atoms with E-state index >= 15 is 0 Å². The van der Waals surface area contributed by atoms with Crippen molar-refractivity contribution in [2.45, 2.75) is 32.9 Å². The molecule has 0 fully saturated rings. The van der Waals surface area contributed by atoms with Crippen LogP contribution in [-0.2, 0) is 4.74 Å². The first-order chi connectivity index (χ1) is 8.06. The number of carboxylic acid groups (broad SMARTS) is 1. The summed E-state index contributed by atoms with van der Waals surface area (Å²) in [4.78, 5) is 11.0. The molecular formula is C11H18N2O4. The van der Waals surface area contributed by atoms with Crippen molar-refractivity contribution < 1.29 is 19.4 Å². The van der Waals surface area contributed by atoms with Crippen molar-refractivity contribution in [3.63, 3.8) is 0 Å². The van der Waals surface area contributed by atoms with E-state index in [1.807, 2.05) is 6.92 Å². The zero-order chi connectivity index (χ0) is 13.0. The molecule has 17 heavy (non-hydrogen) atoms. The molecule has 0 aliphatic rings. The van der Waals surface area contributed by atoms with Crippen LogP contribution in [0.3, 0.4) is 0 Å². The summed E-state index contributed by atoms with van der Waals surface area (Å²) in [5.74, 6) is -0.814. The van der Waals surface area contributed by atoms with Crippen molar-refractivity contribution >= 4 is 5.97 Å². The zero-order valence-electron chi connectivity index (χ0n) is 10.6. The summed E-state index contributed by atoms with van der Waals surface area (Å²) in [7, 11) is 3.01. The third-order valence-electron chi connectivity index (χ3n) is 2.58. The second-order valence-corrected chi connectivity index (χ2v) is 3.70. The second-order valence-electron chi connectivity index (χ2n) is 3.70.